The van der Waals surface area contributed by atoms with Crippen molar-refractivity contribution in [3.8, 4) is 17.0 Å². The molecule has 1 aliphatic rings. The fourth-order valence-corrected chi connectivity index (χ4v) is 3.48. The number of aromatic nitrogens is 1. The second kappa shape index (κ2) is 7.66. The summed E-state index contributed by atoms with van der Waals surface area (Å²) in [6, 6.07) is 18.2. The van der Waals surface area contributed by atoms with E-state index in [1.807, 2.05) is 48.5 Å². The lowest BCUT2D eigenvalue weighted by Crippen LogP contribution is -2.25. The molecule has 0 amide bonds. The summed E-state index contributed by atoms with van der Waals surface area (Å²) in [5.41, 5.74) is 9.26. The van der Waals surface area contributed by atoms with Gasteiger partial charge in [-0.1, -0.05) is 36.4 Å². The molecule has 0 spiro atoms. The number of alkyl halides is 3. The zero-order chi connectivity index (χ0) is 20.4. The van der Waals surface area contributed by atoms with Crippen molar-refractivity contribution in [2.24, 2.45) is 0 Å². The molecule has 150 valence electrons. The molecule has 0 saturated carbocycles. The minimum atomic E-state index is -4.40. The number of benzene rings is 2. The van der Waals surface area contributed by atoms with Crippen molar-refractivity contribution in [1.29, 1.82) is 0 Å². The van der Waals surface area contributed by atoms with Crippen LogP contribution in [0.15, 0.2) is 66.9 Å². The Hall–Kier alpha value is -3.22. The average Bonchev–Trinajstić information content (AvgIpc) is 3.16. The molecule has 1 aliphatic heterocycles. The summed E-state index contributed by atoms with van der Waals surface area (Å²) in [5.74, 6) is 0.192. The Morgan fingerprint density at radius 1 is 1.00 bits per heavy atom. The van der Waals surface area contributed by atoms with Crippen molar-refractivity contribution in [3.63, 3.8) is 0 Å². The van der Waals surface area contributed by atoms with Gasteiger partial charge in [-0.25, -0.2) is 4.98 Å². The zero-order valence-electron chi connectivity index (χ0n) is 15.6. The van der Waals surface area contributed by atoms with Gasteiger partial charge in [0.25, 0.3) is 0 Å². The van der Waals surface area contributed by atoms with Gasteiger partial charge in [0.05, 0.1) is 23.5 Å². The van der Waals surface area contributed by atoms with Gasteiger partial charge in [0.1, 0.15) is 6.10 Å². The summed E-state index contributed by atoms with van der Waals surface area (Å²) < 4.78 is 43.7. The summed E-state index contributed by atoms with van der Waals surface area (Å²) in [4.78, 5) is 5.91. The Labute approximate surface area is 166 Å². The van der Waals surface area contributed by atoms with Gasteiger partial charge in [-0.15, -0.1) is 0 Å². The van der Waals surface area contributed by atoms with Crippen LogP contribution in [0.1, 0.15) is 12.0 Å². The molecule has 0 bridgehead atoms. The number of hydrogen-bond donors (Lipinski definition) is 1. The summed E-state index contributed by atoms with van der Waals surface area (Å²) >= 11 is 0. The van der Waals surface area contributed by atoms with Crippen molar-refractivity contribution in [3.05, 3.63) is 72.4 Å². The van der Waals surface area contributed by atoms with E-state index in [4.69, 9.17) is 10.5 Å². The number of ether oxygens (including phenoxy) is 1. The summed E-state index contributed by atoms with van der Waals surface area (Å²) in [7, 11) is 0. The molecule has 1 atom stereocenters. The van der Waals surface area contributed by atoms with E-state index in [0.29, 0.717) is 12.2 Å². The van der Waals surface area contributed by atoms with Crippen LogP contribution in [0.25, 0.3) is 11.1 Å². The van der Waals surface area contributed by atoms with Crippen LogP contribution in [0.4, 0.5) is 24.5 Å². The van der Waals surface area contributed by atoms with Crippen LogP contribution in [-0.4, -0.2) is 24.2 Å². The Balaban J connectivity index is 1.42. The third kappa shape index (κ3) is 4.29. The Morgan fingerprint density at radius 2 is 1.79 bits per heavy atom. The van der Waals surface area contributed by atoms with Crippen molar-refractivity contribution in [2.75, 3.05) is 23.7 Å². The Kier molecular flexibility index (Phi) is 5.05. The maximum absolute atomic E-state index is 12.6. The number of nitrogen functional groups attached to an aromatic ring is 1. The third-order valence-corrected chi connectivity index (χ3v) is 4.97. The highest BCUT2D eigenvalue weighted by Gasteiger charge is 2.31. The third-order valence-electron chi connectivity index (χ3n) is 4.97. The number of pyridine rings is 1. The van der Waals surface area contributed by atoms with Crippen LogP contribution in [-0.2, 0) is 6.18 Å². The van der Waals surface area contributed by atoms with Crippen LogP contribution in [0.5, 0.6) is 5.88 Å². The number of hydrogen-bond acceptors (Lipinski definition) is 4. The molecule has 7 heteroatoms. The molecule has 4 rings (SSSR count). The molecule has 1 fully saturated rings. The lowest BCUT2D eigenvalue weighted by molar-refractivity contribution is -0.137. The summed E-state index contributed by atoms with van der Waals surface area (Å²) in [5, 5.41) is 0. The van der Waals surface area contributed by atoms with Crippen molar-refractivity contribution in [2.45, 2.75) is 18.7 Å². The first-order valence-electron chi connectivity index (χ1n) is 9.30. The Bertz CT molecular complexity index is 975. The molecule has 1 aromatic heterocycles. The molecule has 4 nitrogen and oxygen atoms in total. The first kappa shape index (κ1) is 19.1. The molecular formula is C22H20F3N3O. The van der Waals surface area contributed by atoms with Gasteiger partial charge in [0.15, 0.2) is 0 Å². The van der Waals surface area contributed by atoms with Gasteiger partial charge < -0.3 is 15.4 Å². The second-order valence-electron chi connectivity index (χ2n) is 7.00. The smallest absolute Gasteiger partial charge is 0.417 e. The highest BCUT2D eigenvalue weighted by atomic mass is 19.4. The van der Waals surface area contributed by atoms with E-state index in [1.165, 1.54) is 6.07 Å². The molecular weight excluding hydrogens is 379 g/mol. The largest absolute Gasteiger partial charge is 0.472 e. The molecule has 2 heterocycles. The van der Waals surface area contributed by atoms with E-state index in [2.05, 4.69) is 9.88 Å². The van der Waals surface area contributed by atoms with Gasteiger partial charge in [-0.3, -0.25) is 0 Å². The fraction of sp³-hybridized carbons (Fsp3) is 0.227. The Morgan fingerprint density at radius 3 is 2.45 bits per heavy atom. The van der Waals surface area contributed by atoms with Gasteiger partial charge in [0.2, 0.25) is 5.88 Å². The minimum absolute atomic E-state index is 0.160. The van der Waals surface area contributed by atoms with E-state index in [9.17, 15) is 13.2 Å². The fourth-order valence-electron chi connectivity index (χ4n) is 3.48. The molecule has 1 saturated heterocycles. The number of halogens is 3. The predicted octanol–water partition coefficient (Wildman–Crippen LogP) is 5.01. The number of rotatable bonds is 4. The van der Waals surface area contributed by atoms with Crippen molar-refractivity contribution < 1.29 is 17.9 Å². The van der Waals surface area contributed by atoms with Gasteiger partial charge in [0, 0.05) is 25.2 Å². The zero-order valence-corrected chi connectivity index (χ0v) is 15.6. The number of nitrogens with two attached hydrogens (primary N) is 1. The second-order valence-corrected chi connectivity index (χ2v) is 7.00. The van der Waals surface area contributed by atoms with Crippen LogP contribution in [0.2, 0.25) is 0 Å². The lowest BCUT2D eigenvalue weighted by atomic mass is 10.0. The maximum Gasteiger partial charge on any atom is 0.417 e. The predicted molar refractivity (Wildman–Crippen MR) is 107 cm³/mol. The van der Waals surface area contributed by atoms with E-state index in [1.54, 1.807) is 0 Å². The van der Waals surface area contributed by atoms with Gasteiger partial charge >= 0.3 is 6.18 Å². The molecule has 0 unspecified atom stereocenters. The first-order chi connectivity index (χ1) is 13.9. The highest BCUT2D eigenvalue weighted by Crippen LogP contribution is 2.33. The normalized spacial score (nSPS) is 16.8. The van der Waals surface area contributed by atoms with Crippen molar-refractivity contribution >= 4 is 11.4 Å². The van der Waals surface area contributed by atoms with Crippen molar-refractivity contribution in [1.82, 2.24) is 4.98 Å². The van der Waals surface area contributed by atoms with E-state index < -0.39 is 11.7 Å². The first-order valence-corrected chi connectivity index (χ1v) is 9.30. The highest BCUT2D eigenvalue weighted by molar-refractivity contribution is 5.76. The molecule has 2 N–H and O–H groups in total. The maximum atomic E-state index is 12.6. The van der Waals surface area contributed by atoms with E-state index in [0.717, 1.165) is 42.0 Å². The van der Waals surface area contributed by atoms with E-state index >= 15 is 0 Å². The van der Waals surface area contributed by atoms with Crippen LogP contribution >= 0.6 is 0 Å². The van der Waals surface area contributed by atoms with Gasteiger partial charge in [-0.2, -0.15) is 13.2 Å². The monoisotopic (exact) mass is 399 g/mol. The van der Waals surface area contributed by atoms with Crippen LogP contribution in [0, 0.1) is 0 Å². The molecule has 0 radical (unpaired) electrons. The topological polar surface area (TPSA) is 51.4 Å². The van der Waals surface area contributed by atoms with Crippen LogP contribution in [0.3, 0.4) is 0 Å². The quantitative estimate of drug-likeness (QED) is 0.627. The summed E-state index contributed by atoms with van der Waals surface area (Å²) in [6.07, 6.45) is -3.03. The molecule has 2 aromatic carbocycles. The van der Waals surface area contributed by atoms with E-state index in [-0.39, 0.29) is 12.0 Å². The standard InChI is InChI=1S/C22H20F3N3O/c23-22(24,25)17-7-9-21(27-13-17)29-18-10-11-28(14-18)20-8-6-16(12-19(20)26)15-4-2-1-3-5-15/h1-9,12-13,18H,10-11,14,26H2/t18-/m1/s1. The molecule has 0 aliphatic carbocycles. The number of nitrogens with zero attached hydrogens (tertiary/aromatic N) is 2. The molecule has 29 heavy (non-hydrogen) atoms. The SMILES string of the molecule is Nc1cc(-c2ccccc2)ccc1N1CC[C@@H](Oc2ccc(C(F)(F)F)cn2)C1. The lowest BCUT2D eigenvalue weighted by Gasteiger charge is -2.21. The minimum Gasteiger partial charge on any atom is -0.472 e. The number of anilines is 2. The molecule has 3 aromatic rings. The summed E-state index contributed by atoms with van der Waals surface area (Å²) in [6.45, 7) is 1.35. The average molecular weight is 399 g/mol. The van der Waals surface area contributed by atoms with Gasteiger partial charge in [-0.05, 0) is 29.3 Å². The van der Waals surface area contributed by atoms with Crippen LogP contribution < -0.4 is 15.4 Å².